The van der Waals surface area contributed by atoms with E-state index in [1.165, 1.54) is 42.5 Å². The van der Waals surface area contributed by atoms with E-state index in [1.807, 2.05) is 0 Å². The number of carbonyl (C=O) groups is 2. The fourth-order valence-corrected chi connectivity index (χ4v) is 2.98. The highest BCUT2D eigenvalue weighted by molar-refractivity contribution is 7.99. The van der Waals surface area contributed by atoms with Crippen LogP contribution in [0, 0.1) is 5.82 Å². The maximum absolute atomic E-state index is 13.6. The Labute approximate surface area is 183 Å². The Bertz CT molecular complexity index is 1090. The molecule has 0 saturated carbocycles. The van der Waals surface area contributed by atoms with E-state index >= 15 is 0 Å². The number of thioether (sulfide) groups is 1. The third kappa shape index (κ3) is 6.94. The molecule has 0 spiro atoms. The summed E-state index contributed by atoms with van der Waals surface area (Å²) in [4.78, 5) is 24.1. The topological polar surface area (TPSA) is 93.2 Å². The number of carbonyl (C=O) groups excluding carboxylic acids is 2. The van der Waals surface area contributed by atoms with Crippen LogP contribution in [0.5, 0.6) is 5.75 Å². The number of anilines is 2. The van der Waals surface area contributed by atoms with Crippen molar-refractivity contribution in [3.05, 3.63) is 72.0 Å². The molecule has 0 unspecified atom stereocenters. The van der Waals surface area contributed by atoms with Crippen molar-refractivity contribution < 1.29 is 31.9 Å². The number of halogens is 4. The molecule has 7 nitrogen and oxygen atoms in total. The lowest BCUT2D eigenvalue weighted by Crippen LogP contribution is -2.17. The van der Waals surface area contributed by atoms with Gasteiger partial charge in [-0.25, -0.2) is 4.39 Å². The van der Waals surface area contributed by atoms with Crippen LogP contribution in [0.2, 0.25) is 0 Å². The van der Waals surface area contributed by atoms with Crippen LogP contribution in [-0.2, 0) is 4.79 Å². The van der Waals surface area contributed by atoms with E-state index in [9.17, 15) is 27.2 Å². The number of amides is 2. The van der Waals surface area contributed by atoms with Crippen LogP contribution >= 0.6 is 11.8 Å². The van der Waals surface area contributed by atoms with E-state index in [4.69, 9.17) is 0 Å². The molecule has 1 aromatic heterocycles. The van der Waals surface area contributed by atoms with Gasteiger partial charge in [0, 0.05) is 5.69 Å². The lowest BCUT2D eigenvalue weighted by Gasteiger charge is -2.10. The van der Waals surface area contributed by atoms with Crippen LogP contribution in [0.1, 0.15) is 10.4 Å². The van der Waals surface area contributed by atoms with Crippen molar-refractivity contribution in [1.82, 2.24) is 10.2 Å². The third-order valence-electron chi connectivity index (χ3n) is 3.72. The Morgan fingerprint density at radius 3 is 2.28 bits per heavy atom. The fraction of sp³-hybridized carbons (Fsp3) is 0.100. The Morgan fingerprint density at radius 1 is 0.938 bits per heavy atom. The van der Waals surface area contributed by atoms with Gasteiger partial charge >= 0.3 is 6.36 Å². The molecule has 32 heavy (non-hydrogen) atoms. The Hall–Kier alpha value is -3.67. The molecule has 2 amide bonds. The molecule has 0 atom stereocenters. The number of nitrogens with one attached hydrogen (secondary N) is 2. The number of nitrogens with zero attached hydrogens (tertiary/aromatic N) is 2. The number of alkyl halides is 3. The summed E-state index contributed by atoms with van der Waals surface area (Å²) in [6.07, 6.45) is -4.79. The number of hydrogen-bond acceptors (Lipinski definition) is 6. The van der Waals surface area contributed by atoms with Gasteiger partial charge in [0.15, 0.2) is 5.82 Å². The monoisotopic (exact) mass is 466 g/mol. The summed E-state index contributed by atoms with van der Waals surface area (Å²) in [5, 5.41) is 13.0. The summed E-state index contributed by atoms with van der Waals surface area (Å²) in [7, 11) is 0. The van der Waals surface area contributed by atoms with Gasteiger partial charge in [0.1, 0.15) is 16.6 Å². The molecule has 3 aromatic rings. The molecule has 2 N–H and O–H groups in total. The van der Waals surface area contributed by atoms with Crippen molar-refractivity contribution in [2.24, 2.45) is 0 Å². The van der Waals surface area contributed by atoms with Crippen LogP contribution < -0.4 is 15.4 Å². The van der Waals surface area contributed by atoms with Crippen LogP contribution in [0.25, 0.3) is 0 Å². The van der Waals surface area contributed by atoms with Crippen LogP contribution in [0.3, 0.4) is 0 Å². The molecule has 166 valence electrons. The summed E-state index contributed by atoms with van der Waals surface area (Å²) in [5.41, 5.74) is 0.157. The third-order valence-corrected chi connectivity index (χ3v) is 4.64. The predicted molar refractivity (Wildman–Crippen MR) is 109 cm³/mol. The summed E-state index contributed by atoms with van der Waals surface area (Å²) in [5.74, 6) is -2.10. The van der Waals surface area contributed by atoms with Crippen molar-refractivity contribution in [3.8, 4) is 5.75 Å². The molecule has 3 rings (SSSR count). The first kappa shape index (κ1) is 23.0. The van der Waals surface area contributed by atoms with Gasteiger partial charge in [-0.05, 0) is 48.5 Å². The van der Waals surface area contributed by atoms with Crippen LogP contribution in [0.15, 0.2) is 65.7 Å². The number of aromatic nitrogens is 2. The number of benzene rings is 2. The van der Waals surface area contributed by atoms with Crippen molar-refractivity contribution >= 4 is 35.1 Å². The number of ether oxygens (including phenoxy) is 1. The summed E-state index contributed by atoms with van der Waals surface area (Å²) >= 11 is 1.05. The highest BCUT2D eigenvalue weighted by Crippen LogP contribution is 2.24. The van der Waals surface area contributed by atoms with E-state index in [2.05, 4.69) is 25.6 Å². The molecule has 0 radical (unpaired) electrons. The van der Waals surface area contributed by atoms with Crippen LogP contribution in [0.4, 0.5) is 29.1 Å². The Balaban J connectivity index is 1.48. The molecule has 1 heterocycles. The first-order valence-electron chi connectivity index (χ1n) is 8.88. The average Bonchev–Trinajstić information content (AvgIpc) is 2.74. The predicted octanol–water partition coefficient (Wildman–Crippen LogP) is 4.50. The van der Waals surface area contributed by atoms with Gasteiger partial charge in [0.05, 0.1) is 11.3 Å². The van der Waals surface area contributed by atoms with Gasteiger partial charge in [0.25, 0.3) is 5.91 Å². The molecule has 0 fully saturated rings. The molecule has 2 aromatic carbocycles. The lowest BCUT2D eigenvalue weighted by atomic mass is 10.2. The first-order valence-corrected chi connectivity index (χ1v) is 9.86. The Morgan fingerprint density at radius 2 is 1.66 bits per heavy atom. The SMILES string of the molecule is O=C(CSc1ccc(NC(=O)c2ccccc2F)nn1)Nc1ccc(OC(F)(F)F)cc1. The normalized spacial score (nSPS) is 11.0. The largest absolute Gasteiger partial charge is 0.573 e. The van der Waals surface area contributed by atoms with Crippen molar-refractivity contribution in [3.63, 3.8) is 0 Å². The molecular weight excluding hydrogens is 452 g/mol. The van der Waals surface area contributed by atoms with Crippen molar-refractivity contribution in [1.29, 1.82) is 0 Å². The van der Waals surface area contributed by atoms with E-state index in [-0.39, 0.29) is 17.1 Å². The Kier molecular flexibility index (Phi) is 7.25. The van der Waals surface area contributed by atoms with E-state index < -0.39 is 29.7 Å². The highest BCUT2D eigenvalue weighted by Gasteiger charge is 2.30. The fourth-order valence-electron chi connectivity index (χ4n) is 2.37. The second-order valence-electron chi connectivity index (χ2n) is 6.10. The summed E-state index contributed by atoms with van der Waals surface area (Å²) in [6.45, 7) is 0. The molecule has 0 bridgehead atoms. The van der Waals surface area contributed by atoms with Gasteiger partial charge in [-0.1, -0.05) is 23.9 Å². The second-order valence-corrected chi connectivity index (χ2v) is 7.10. The minimum Gasteiger partial charge on any atom is -0.406 e. The van der Waals surface area contributed by atoms with Gasteiger partial charge in [-0.15, -0.1) is 23.4 Å². The number of rotatable bonds is 7. The van der Waals surface area contributed by atoms with Gasteiger partial charge in [-0.2, -0.15) is 0 Å². The maximum atomic E-state index is 13.6. The molecule has 0 saturated heterocycles. The molecule has 12 heteroatoms. The quantitative estimate of drug-likeness (QED) is 0.394. The molecule has 0 aliphatic carbocycles. The standard InChI is InChI=1S/C20H14F4N4O3S/c21-15-4-2-1-3-14(15)19(30)26-16-9-10-18(28-27-16)32-11-17(29)25-12-5-7-13(8-6-12)31-20(22,23)24/h1-10H,11H2,(H,25,29)(H,26,27,30). The summed E-state index contributed by atoms with van der Waals surface area (Å²) < 4.78 is 53.8. The maximum Gasteiger partial charge on any atom is 0.573 e. The van der Waals surface area contributed by atoms with Gasteiger partial charge in [-0.3, -0.25) is 9.59 Å². The van der Waals surface area contributed by atoms with Gasteiger partial charge in [0.2, 0.25) is 5.91 Å². The van der Waals surface area contributed by atoms with E-state index in [0.29, 0.717) is 10.7 Å². The minimum atomic E-state index is -4.79. The highest BCUT2D eigenvalue weighted by atomic mass is 32.2. The smallest absolute Gasteiger partial charge is 0.406 e. The summed E-state index contributed by atoms with van der Waals surface area (Å²) in [6, 6.07) is 13.2. The van der Waals surface area contributed by atoms with Crippen molar-refractivity contribution in [2.45, 2.75) is 11.4 Å². The van der Waals surface area contributed by atoms with E-state index in [1.54, 1.807) is 0 Å². The molecule has 0 aliphatic rings. The van der Waals surface area contributed by atoms with Gasteiger partial charge < -0.3 is 15.4 Å². The zero-order chi connectivity index (χ0) is 23.1. The average molecular weight is 466 g/mol. The zero-order valence-corrected chi connectivity index (χ0v) is 16.8. The van der Waals surface area contributed by atoms with E-state index in [0.717, 1.165) is 30.0 Å². The first-order chi connectivity index (χ1) is 15.2. The zero-order valence-electron chi connectivity index (χ0n) is 16.0. The minimum absolute atomic E-state index is 0.0452. The molecule has 0 aliphatic heterocycles. The number of hydrogen-bond donors (Lipinski definition) is 2. The lowest BCUT2D eigenvalue weighted by molar-refractivity contribution is -0.274. The van der Waals surface area contributed by atoms with Crippen molar-refractivity contribution in [2.75, 3.05) is 16.4 Å². The second kappa shape index (κ2) is 10.1. The molecular formula is C20H14F4N4O3S. The van der Waals surface area contributed by atoms with Crippen LogP contribution in [-0.4, -0.2) is 34.1 Å².